The van der Waals surface area contributed by atoms with Gasteiger partial charge in [0.25, 0.3) is 5.56 Å². The normalized spacial score (nSPS) is 10.7. The summed E-state index contributed by atoms with van der Waals surface area (Å²) in [5, 5.41) is 0. The van der Waals surface area contributed by atoms with Gasteiger partial charge in [0.15, 0.2) is 11.2 Å². The van der Waals surface area contributed by atoms with E-state index in [1.165, 1.54) is 11.1 Å². The predicted molar refractivity (Wildman–Crippen MR) is 67.7 cm³/mol. The van der Waals surface area contributed by atoms with Gasteiger partial charge in [-0.1, -0.05) is 30.3 Å². The number of H-pyrrole nitrogens is 2. The zero-order chi connectivity index (χ0) is 13.2. The fourth-order valence-electron chi connectivity index (χ4n) is 1.73. The summed E-state index contributed by atoms with van der Waals surface area (Å²) in [6.07, 6.45) is 1.35. The second-order valence-electron chi connectivity index (χ2n) is 3.93. The van der Waals surface area contributed by atoms with Crippen LogP contribution in [0.4, 0.5) is 0 Å². The highest BCUT2D eigenvalue weighted by molar-refractivity contribution is 5.68. The molecule has 0 aliphatic carbocycles. The zero-order valence-corrected chi connectivity index (χ0v) is 9.79. The molecular weight excluding hydrogens is 248 g/mol. The second-order valence-corrected chi connectivity index (χ2v) is 3.93. The molecular formula is C12H10N4O3. The molecule has 0 radical (unpaired) electrons. The van der Waals surface area contributed by atoms with E-state index in [0.29, 0.717) is 6.61 Å². The Balaban J connectivity index is 1.94. The molecule has 7 nitrogen and oxygen atoms in total. The molecule has 0 fully saturated rings. The number of imidazole rings is 1. The highest BCUT2D eigenvalue weighted by Crippen LogP contribution is 2.03. The highest BCUT2D eigenvalue weighted by atomic mass is 16.7. The molecule has 0 amide bonds. The number of hydrogen-bond acceptors (Lipinski definition) is 4. The van der Waals surface area contributed by atoms with E-state index in [1.807, 2.05) is 30.3 Å². The number of fused-ring (bicyclic) bond motifs is 1. The number of aromatic amines is 2. The van der Waals surface area contributed by atoms with Crippen molar-refractivity contribution in [1.82, 2.24) is 19.7 Å². The van der Waals surface area contributed by atoms with Crippen molar-refractivity contribution in [2.24, 2.45) is 0 Å². The fraction of sp³-hybridized carbons (Fsp3) is 0.0833. The van der Waals surface area contributed by atoms with Crippen LogP contribution in [0.25, 0.3) is 11.2 Å². The lowest BCUT2D eigenvalue weighted by Crippen LogP contribution is -2.23. The van der Waals surface area contributed by atoms with Crippen LogP contribution in [0.15, 0.2) is 46.2 Å². The third-order valence-corrected chi connectivity index (χ3v) is 2.62. The van der Waals surface area contributed by atoms with Gasteiger partial charge >= 0.3 is 5.69 Å². The predicted octanol–water partition coefficient (Wildman–Crippen LogP) is 0.0417. The summed E-state index contributed by atoms with van der Waals surface area (Å²) in [6.45, 7) is 0.307. The zero-order valence-electron chi connectivity index (χ0n) is 9.79. The summed E-state index contributed by atoms with van der Waals surface area (Å²) in [5.74, 6) is 0. The van der Waals surface area contributed by atoms with Crippen LogP contribution in [0.5, 0.6) is 0 Å². The van der Waals surface area contributed by atoms with Crippen LogP contribution >= 0.6 is 0 Å². The van der Waals surface area contributed by atoms with E-state index in [9.17, 15) is 9.59 Å². The van der Waals surface area contributed by atoms with Crippen LogP contribution in [0.1, 0.15) is 5.56 Å². The first-order valence-corrected chi connectivity index (χ1v) is 5.61. The first kappa shape index (κ1) is 11.3. The Labute approximate surface area is 106 Å². The fourth-order valence-corrected chi connectivity index (χ4v) is 1.73. The van der Waals surface area contributed by atoms with Crippen molar-refractivity contribution in [3.05, 3.63) is 63.1 Å². The number of nitrogens with one attached hydrogen (secondary N) is 2. The Bertz CT molecular complexity index is 816. The molecule has 0 unspecified atom stereocenters. The average molecular weight is 258 g/mol. The minimum Gasteiger partial charge on any atom is -0.406 e. The largest absolute Gasteiger partial charge is 0.406 e. The van der Waals surface area contributed by atoms with Crippen molar-refractivity contribution in [3.8, 4) is 0 Å². The Hall–Kier alpha value is -2.83. The maximum absolute atomic E-state index is 11.5. The van der Waals surface area contributed by atoms with E-state index in [0.717, 1.165) is 5.56 Å². The molecule has 7 heteroatoms. The van der Waals surface area contributed by atoms with Gasteiger partial charge in [-0.25, -0.2) is 9.78 Å². The van der Waals surface area contributed by atoms with Gasteiger partial charge in [0.1, 0.15) is 12.9 Å². The summed E-state index contributed by atoms with van der Waals surface area (Å²) in [7, 11) is 0. The van der Waals surface area contributed by atoms with E-state index in [4.69, 9.17) is 4.84 Å². The SMILES string of the molecule is O=c1[nH]c(=O)c2ncn(OCc3ccccc3)c2[nH]1. The standard InChI is InChI=1S/C12H10N4O3/c17-11-9-10(14-12(18)15-11)16(7-13-9)19-6-8-4-2-1-3-5-8/h1-5,7H,6H2,(H2,14,15,17,18). The molecule has 3 rings (SSSR count). The number of benzene rings is 1. The molecule has 3 aromatic rings. The van der Waals surface area contributed by atoms with Gasteiger partial charge in [0.05, 0.1) is 0 Å². The Morgan fingerprint density at radius 2 is 1.95 bits per heavy atom. The molecule has 0 aliphatic heterocycles. The third-order valence-electron chi connectivity index (χ3n) is 2.62. The minimum absolute atomic E-state index is 0.132. The second kappa shape index (κ2) is 4.45. The van der Waals surface area contributed by atoms with Gasteiger partial charge in [-0.3, -0.25) is 14.8 Å². The van der Waals surface area contributed by atoms with Crippen LogP contribution < -0.4 is 16.1 Å². The van der Waals surface area contributed by atoms with E-state index in [2.05, 4.69) is 15.0 Å². The van der Waals surface area contributed by atoms with Crippen LogP contribution in [0.3, 0.4) is 0 Å². The molecule has 0 atom stereocenters. The van der Waals surface area contributed by atoms with Gasteiger partial charge in [-0.2, -0.15) is 4.73 Å². The summed E-state index contributed by atoms with van der Waals surface area (Å²) in [5.41, 5.74) is 0.206. The summed E-state index contributed by atoms with van der Waals surface area (Å²) in [6, 6.07) is 9.53. The topological polar surface area (TPSA) is 92.8 Å². The Morgan fingerprint density at radius 3 is 2.74 bits per heavy atom. The molecule has 0 saturated carbocycles. The van der Waals surface area contributed by atoms with Crippen LogP contribution in [0, 0.1) is 0 Å². The Kier molecular flexibility index (Phi) is 2.64. The van der Waals surface area contributed by atoms with E-state index >= 15 is 0 Å². The van der Waals surface area contributed by atoms with Crippen molar-refractivity contribution < 1.29 is 4.84 Å². The maximum atomic E-state index is 11.5. The van der Waals surface area contributed by atoms with Gasteiger partial charge in [0.2, 0.25) is 0 Å². The van der Waals surface area contributed by atoms with E-state index in [-0.39, 0.29) is 11.2 Å². The molecule has 2 heterocycles. The van der Waals surface area contributed by atoms with E-state index in [1.54, 1.807) is 0 Å². The van der Waals surface area contributed by atoms with Gasteiger partial charge in [0, 0.05) is 0 Å². The van der Waals surface area contributed by atoms with Crippen LogP contribution in [0.2, 0.25) is 0 Å². The van der Waals surface area contributed by atoms with Crippen LogP contribution in [-0.4, -0.2) is 19.7 Å². The smallest absolute Gasteiger partial charge is 0.327 e. The van der Waals surface area contributed by atoms with Crippen LogP contribution in [-0.2, 0) is 6.61 Å². The van der Waals surface area contributed by atoms with E-state index < -0.39 is 11.2 Å². The van der Waals surface area contributed by atoms with Gasteiger partial charge in [-0.05, 0) is 5.56 Å². The molecule has 19 heavy (non-hydrogen) atoms. The molecule has 0 aliphatic rings. The number of nitrogens with zero attached hydrogens (tertiary/aromatic N) is 2. The molecule has 2 N–H and O–H groups in total. The molecule has 96 valence electrons. The monoisotopic (exact) mass is 258 g/mol. The number of hydrogen-bond donors (Lipinski definition) is 2. The van der Waals surface area contributed by atoms with Crippen molar-refractivity contribution in [2.75, 3.05) is 0 Å². The lowest BCUT2D eigenvalue weighted by atomic mass is 10.2. The first-order valence-electron chi connectivity index (χ1n) is 5.61. The third kappa shape index (κ3) is 2.13. The summed E-state index contributed by atoms with van der Waals surface area (Å²) >= 11 is 0. The summed E-state index contributed by atoms with van der Waals surface area (Å²) < 4.78 is 1.28. The van der Waals surface area contributed by atoms with Gasteiger partial charge < -0.3 is 4.84 Å². The van der Waals surface area contributed by atoms with Crippen molar-refractivity contribution in [3.63, 3.8) is 0 Å². The number of rotatable bonds is 3. The van der Waals surface area contributed by atoms with Crippen molar-refractivity contribution in [2.45, 2.75) is 6.61 Å². The molecule has 0 saturated heterocycles. The quantitative estimate of drug-likeness (QED) is 0.693. The van der Waals surface area contributed by atoms with Crippen molar-refractivity contribution in [1.29, 1.82) is 0 Å². The average Bonchev–Trinajstić information content (AvgIpc) is 2.81. The number of aromatic nitrogens is 4. The van der Waals surface area contributed by atoms with Crippen molar-refractivity contribution >= 4 is 11.2 Å². The Morgan fingerprint density at radius 1 is 1.16 bits per heavy atom. The summed E-state index contributed by atoms with van der Waals surface area (Å²) in [4.78, 5) is 36.7. The lowest BCUT2D eigenvalue weighted by molar-refractivity contribution is 0.105. The highest BCUT2D eigenvalue weighted by Gasteiger charge is 2.08. The maximum Gasteiger partial charge on any atom is 0.327 e. The first-order chi connectivity index (χ1) is 9.24. The molecule has 0 bridgehead atoms. The lowest BCUT2D eigenvalue weighted by Gasteiger charge is -2.06. The molecule has 2 aromatic heterocycles. The van der Waals surface area contributed by atoms with Gasteiger partial charge in [-0.15, -0.1) is 0 Å². The molecule has 0 spiro atoms. The molecule has 1 aromatic carbocycles. The minimum atomic E-state index is -0.595.